The monoisotopic (exact) mass is 304 g/mol. The first-order valence-corrected chi connectivity index (χ1v) is 8.56. The standard InChI is InChI=1S/C17H24N2OS/c1-4-10-18-12-14-8-9-15(16-7-6-11-21-16)19(17(14)20)13(3)5-2/h6-9,11,13,18H,4-5,10,12H2,1-3H3. The number of rotatable bonds is 7. The molecule has 0 amide bonds. The second-order valence-corrected chi connectivity index (χ2v) is 6.28. The quantitative estimate of drug-likeness (QED) is 0.783. The van der Waals surface area contributed by atoms with Crippen LogP contribution in [0.4, 0.5) is 0 Å². The number of pyridine rings is 1. The van der Waals surface area contributed by atoms with E-state index in [9.17, 15) is 4.79 Å². The molecule has 2 heterocycles. The third-order valence-electron chi connectivity index (χ3n) is 3.74. The number of aromatic nitrogens is 1. The van der Waals surface area contributed by atoms with E-state index in [1.54, 1.807) is 11.3 Å². The molecule has 0 fully saturated rings. The van der Waals surface area contributed by atoms with Crippen molar-refractivity contribution < 1.29 is 0 Å². The molecule has 114 valence electrons. The largest absolute Gasteiger partial charge is 0.312 e. The molecule has 0 aliphatic rings. The molecule has 0 aliphatic heterocycles. The maximum absolute atomic E-state index is 12.8. The van der Waals surface area contributed by atoms with Gasteiger partial charge in [0.05, 0.1) is 10.6 Å². The summed E-state index contributed by atoms with van der Waals surface area (Å²) in [5, 5.41) is 5.37. The van der Waals surface area contributed by atoms with Crippen molar-refractivity contribution in [1.29, 1.82) is 0 Å². The van der Waals surface area contributed by atoms with Crippen LogP contribution >= 0.6 is 11.3 Å². The van der Waals surface area contributed by atoms with E-state index in [1.165, 1.54) is 0 Å². The van der Waals surface area contributed by atoms with Crippen molar-refractivity contribution in [3.63, 3.8) is 0 Å². The lowest BCUT2D eigenvalue weighted by Crippen LogP contribution is -2.30. The summed E-state index contributed by atoms with van der Waals surface area (Å²) in [6, 6.07) is 8.37. The molecule has 2 aromatic rings. The Balaban J connectivity index is 2.44. The lowest BCUT2D eigenvalue weighted by molar-refractivity contribution is 0.514. The highest BCUT2D eigenvalue weighted by Gasteiger charge is 2.14. The summed E-state index contributed by atoms with van der Waals surface area (Å²) in [5.74, 6) is 0. The molecule has 0 saturated carbocycles. The third kappa shape index (κ3) is 3.63. The van der Waals surface area contributed by atoms with Gasteiger partial charge in [-0.3, -0.25) is 4.79 Å². The van der Waals surface area contributed by atoms with E-state index in [2.05, 4.69) is 43.6 Å². The van der Waals surface area contributed by atoms with Gasteiger partial charge in [0.25, 0.3) is 5.56 Å². The van der Waals surface area contributed by atoms with Crippen LogP contribution in [-0.4, -0.2) is 11.1 Å². The SMILES string of the molecule is CCCNCc1ccc(-c2cccs2)n(C(C)CC)c1=O. The van der Waals surface area contributed by atoms with Crippen molar-refractivity contribution in [2.45, 2.75) is 46.2 Å². The summed E-state index contributed by atoms with van der Waals surface area (Å²) in [7, 11) is 0. The van der Waals surface area contributed by atoms with Gasteiger partial charge in [-0.25, -0.2) is 0 Å². The van der Waals surface area contributed by atoms with Crippen molar-refractivity contribution in [2.24, 2.45) is 0 Å². The molecule has 0 bridgehead atoms. The fraction of sp³-hybridized carbons (Fsp3) is 0.471. The van der Waals surface area contributed by atoms with Crippen LogP contribution in [0.5, 0.6) is 0 Å². The summed E-state index contributed by atoms with van der Waals surface area (Å²) in [6.07, 6.45) is 2.02. The molecule has 0 spiro atoms. The minimum absolute atomic E-state index is 0.138. The lowest BCUT2D eigenvalue weighted by Gasteiger charge is -2.19. The number of nitrogens with zero attached hydrogens (tertiary/aromatic N) is 1. The summed E-state index contributed by atoms with van der Waals surface area (Å²) in [4.78, 5) is 14.0. The van der Waals surface area contributed by atoms with Gasteiger partial charge in [-0.05, 0) is 43.8 Å². The van der Waals surface area contributed by atoms with E-state index in [-0.39, 0.29) is 11.6 Å². The average Bonchev–Trinajstić information content (AvgIpc) is 3.02. The fourth-order valence-electron chi connectivity index (χ4n) is 2.37. The fourth-order valence-corrected chi connectivity index (χ4v) is 3.12. The van der Waals surface area contributed by atoms with Gasteiger partial charge >= 0.3 is 0 Å². The van der Waals surface area contributed by atoms with E-state index < -0.39 is 0 Å². The van der Waals surface area contributed by atoms with Crippen molar-refractivity contribution >= 4 is 11.3 Å². The predicted octanol–water partition coefficient (Wildman–Crippen LogP) is 4.05. The smallest absolute Gasteiger partial charge is 0.255 e. The molecule has 1 atom stereocenters. The van der Waals surface area contributed by atoms with Crippen molar-refractivity contribution in [2.75, 3.05) is 6.54 Å². The molecule has 2 rings (SSSR count). The minimum atomic E-state index is 0.138. The second kappa shape index (κ2) is 7.57. The van der Waals surface area contributed by atoms with Gasteiger partial charge in [0, 0.05) is 18.2 Å². The Labute approximate surface area is 130 Å². The molecule has 0 saturated heterocycles. The second-order valence-electron chi connectivity index (χ2n) is 5.33. The number of nitrogens with one attached hydrogen (secondary N) is 1. The summed E-state index contributed by atoms with van der Waals surface area (Å²) >= 11 is 1.68. The van der Waals surface area contributed by atoms with Crippen LogP contribution in [0.1, 0.15) is 45.2 Å². The van der Waals surface area contributed by atoms with Gasteiger partial charge < -0.3 is 9.88 Å². The average molecular weight is 304 g/mol. The Morgan fingerprint density at radius 3 is 2.71 bits per heavy atom. The van der Waals surface area contributed by atoms with E-state index in [4.69, 9.17) is 0 Å². The van der Waals surface area contributed by atoms with E-state index >= 15 is 0 Å². The zero-order valence-electron chi connectivity index (χ0n) is 13.1. The number of hydrogen-bond donors (Lipinski definition) is 1. The Kier molecular flexibility index (Phi) is 5.76. The first kappa shape index (κ1) is 16.0. The summed E-state index contributed by atoms with van der Waals surface area (Å²) in [6.45, 7) is 7.95. The van der Waals surface area contributed by atoms with Crippen LogP contribution in [-0.2, 0) is 6.54 Å². The van der Waals surface area contributed by atoms with Crippen LogP contribution in [0.2, 0.25) is 0 Å². The Bertz CT molecular complexity index is 616. The van der Waals surface area contributed by atoms with Gasteiger partial charge in [0.2, 0.25) is 0 Å². The maximum Gasteiger partial charge on any atom is 0.255 e. The summed E-state index contributed by atoms with van der Waals surface area (Å²) < 4.78 is 1.95. The Morgan fingerprint density at radius 2 is 2.10 bits per heavy atom. The minimum Gasteiger partial charge on any atom is -0.312 e. The topological polar surface area (TPSA) is 34.0 Å². The molecule has 0 radical (unpaired) electrons. The molecular weight excluding hydrogens is 280 g/mol. The first-order valence-electron chi connectivity index (χ1n) is 7.68. The van der Waals surface area contributed by atoms with Crippen molar-refractivity contribution in [3.8, 4) is 10.6 Å². The van der Waals surface area contributed by atoms with Crippen LogP contribution < -0.4 is 10.9 Å². The van der Waals surface area contributed by atoms with Crippen molar-refractivity contribution in [3.05, 3.63) is 45.6 Å². The van der Waals surface area contributed by atoms with E-state index in [0.717, 1.165) is 35.5 Å². The number of hydrogen-bond acceptors (Lipinski definition) is 3. The molecule has 4 heteroatoms. The lowest BCUT2D eigenvalue weighted by atomic mass is 10.1. The van der Waals surface area contributed by atoms with E-state index in [0.29, 0.717) is 6.54 Å². The maximum atomic E-state index is 12.8. The molecule has 21 heavy (non-hydrogen) atoms. The predicted molar refractivity (Wildman–Crippen MR) is 91.0 cm³/mol. The molecule has 2 aromatic heterocycles. The molecule has 1 unspecified atom stereocenters. The van der Waals surface area contributed by atoms with Crippen LogP contribution in [0.15, 0.2) is 34.4 Å². The highest BCUT2D eigenvalue weighted by atomic mass is 32.1. The van der Waals surface area contributed by atoms with Crippen molar-refractivity contribution in [1.82, 2.24) is 9.88 Å². The number of thiophene rings is 1. The van der Waals surface area contributed by atoms with Crippen LogP contribution in [0.25, 0.3) is 10.6 Å². The zero-order valence-corrected chi connectivity index (χ0v) is 13.9. The Morgan fingerprint density at radius 1 is 1.29 bits per heavy atom. The molecular formula is C17H24N2OS. The third-order valence-corrected chi connectivity index (χ3v) is 4.64. The normalized spacial score (nSPS) is 12.5. The van der Waals surface area contributed by atoms with Gasteiger partial charge in [0.15, 0.2) is 0 Å². The highest BCUT2D eigenvalue weighted by molar-refractivity contribution is 7.13. The molecule has 0 aromatic carbocycles. The Hall–Kier alpha value is -1.39. The molecule has 0 aliphatic carbocycles. The van der Waals surface area contributed by atoms with E-state index in [1.807, 2.05) is 16.7 Å². The van der Waals surface area contributed by atoms with Gasteiger partial charge in [-0.15, -0.1) is 11.3 Å². The highest BCUT2D eigenvalue weighted by Crippen LogP contribution is 2.26. The first-order chi connectivity index (χ1) is 10.2. The van der Waals surface area contributed by atoms with Crippen LogP contribution in [0, 0.1) is 0 Å². The molecule has 3 nitrogen and oxygen atoms in total. The molecule has 1 N–H and O–H groups in total. The van der Waals surface area contributed by atoms with Gasteiger partial charge in [0.1, 0.15) is 0 Å². The van der Waals surface area contributed by atoms with Gasteiger partial charge in [-0.2, -0.15) is 0 Å². The zero-order chi connectivity index (χ0) is 15.2. The van der Waals surface area contributed by atoms with Crippen LogP contribution in [0.3, 0.4) is 0 Å². The summed E-state index contributed by atoms with van der Waals surface area (Å²) in [5.41, 5.74) is 2.02. The van der Waals surface area contributed by atoms with Gasteiger partial charge in [-0.1, -0.05) is 26.0 Å².